The van der Waals surface area contributed by atoms with Crippen LogP contribution in [0.2, 0.25) is 5.02 Å². The quantitative estimate of drug-likeness (QED) is 0.583. The molecule has 134 valence electrons. The van der Waals surface area contributed by atoms with Crippen LogP contribution in [0, 0.1) is 0 Å². The van der Waals surface area contributed by atoms with E-state index in [2.05, 4.69) is 4.99 Å². The van der Waals surface area contributed by atoms with Crippen LogP contribution in [0.4, 0.5) is 5.69 Å². The first-order chi connectivity index (χ1) is 12.6. The molecule has 0 bridgehead atoms. The molecule has 0 aliphatic carbocycles. The van der Waals surface area contributed by atoms with E-state index in [1.807, 2.05) is 17.5 Å². The summed E-state index contributed by atoms with van der Waals surface area (Å²) in [5, 5.41) is 2.96. The maximum absolute atomic E-state index is 13.0. The summed E-state index contributed by atoms with van der Waals surface area (Å²) in [7, 11) is 1.55. The first-order valence-electron chi connectivity index (χ1n) is 7.54. The fraction of sp³-hybridized carbons (Fsp3) is 0.111. The zero-order chi connectivity index (χ0) is 18.5. The fourth-order valence-corrected chi connectivity index (χ4v) is 4.20. The lowest BCUT2D eigenvalue weighted by Gasteiger charge is -2.18. The minimum atomic E-state index is -0.197. The van der Waals surface area contributed by atoms with Gasteiger partial charge in [-0.25, -0.2) is 4.99 Å². The summed E-state index contributed by atoms with van der Waals surface area (Å²) in [4.78, 5) is 20.0. The summed E-state index contributed by atoms with van der Waals surface area (Å²) >= 11 is 14.8. The molecule has 4 nitrogen and oxygen atoms in total. The van der Waals surface area contributed by atoms with E-state index in [0.717, 1.165) is 4.88 Å². The van der Waals surface area contributed by atoms with Gasteiger partial charge in [0, 0.05) is 16.2 Å². The molecule has 1 aromatic heterocycles. The Morgan fingerprint density at radius 2 is 2.23 bits per heavy atom. The van der Waals surface area contributed by atoms with Gasteiger partial charge in [0.15, 0.2) is 5.17 Å². The van der Waals surface area contributed by atoms with Gasteiger partial charge in [-0.1, -0.05) is 47.1 Å². The van der Waals surface area contributed by atoms with E-state index < -0.39 is 0 Å². The Balaban J connectivity index is 1.97. The number of aliphatic imine (C=N–C) groups is 1. The van der Waals surface area contributed by atoms with Crippen molar-refractivity contribution in [1.82, 2.24) is 0 Å². The standard InChI is InChI=1S/C18H14Cl2N2O2S2/c1-24-16-6-5-12(10-14(16)20)22-17(23)15(11-13-4-2-8-25-13)21-18(22)26-9-3-7-19/h2-8,10-11H,9H2,1H3/b7-3+,15-11+. The molecule has 26 heavy (non-hydrogen) atoms. The zero-order valence-corrected chi connectivity index (χ0v) is 16.8. The predicted molar refractivity (Wildman–Crippen MR) is 113 cm³/mol. The third-order valence-electron chi connectivity index (χ3n) is 3.44. The molecule has 1 aliphatic rings. The van der Waals surface area contributed by atoms with Crippen LogP contribution in [-0.4, -0.2) is 23.9 Å². The molecule has 0 unspecified atom stereocenters. The molecular formula is C18H14Cl2N2O2S2. The number of ether oxygens (including phenoxy) is 1. The summed E-state index contributed by atoms with van der Waals surface area (Å²) < 4.78 is 5.18. The number of nitrogens with zero attached hydrogens (tertiary/aromatic N) is 2. The van der Waals surface area contributed by atoms with Crippen molar-refractivity contribution < 1.29 is 9.53 Å². The van der Waals surface area contributed by atoms with Gasteiger partial charge in [0.2, 0.25) is 0 Å². The normalized spacial score (nSPS) is 16.0. The van der Waals surface area contributed by atoms with Crippen molar-refractivity contribution in [2.75, 3.05) is 17.8 Å². The molecule has 2 aromatic rings. The Labute approximate surface area is 169 Å². The van der Waals surface area contributed by atoms with E-state index in [0.29, 0.717) is 33.1 Å². The highest BCUT2D eigenvalue weighted by Crippen LogP contribution is 2.34. The number of carbonyl (C=O) groups is 1. The topological polar surface area (TPSA) is 41.9 Å². The van der Waals surface area contributed by atoms with Gasteiger partial charge in [-0.2, -0.15) is 0 Å². The summed E-state index contributed by atoms with van der Waals surface area (Å²) in [5.41, 5.74) is 2.47. The molecule has 0 radical (unpaired) electrons. The van der Waals surface area contributed by atoms with Gasteiger partial charge in [-0.05, 0) is 35.7 Å². The van der Waals surface area contributed by atoms with Crippen molar-refractivity contribution in [2.24, 2.45) is 4.99 Å². The van der Waals surface area contributed by atoms with Crippen molar-refractivity contribution in [1.29, 1.82) is 0 Å². The van der Waals surface area contributed by atoms with Crippen molar-refractivity contribution >= 4 is 69.1 Å². The molecule has 0 spiro atoms. The number of amidine groups is 1. The molecule has 1 aliphatic heterocycles. The number of anilines is 1. The Morgan fingerprint density at radius 3 is 2.88 bits per heavy atom. The number of hydrogen-bond acceptors (Lipinski definition) is 5. The third-order valence-corrected chi connectivity index (χ3v) is 5.63. The van der Waals surface area contributed by atoms with Crippen LogP contribution in [0.3, 0.4) is 0 Å². The molecule has 0 N–H and O–H groups in total. The lowest BCUT2D eigenvalue weighted by Crippen LogP contribution is -2.30. The molecule has 1 amide bonds. The van der Waals surface area contributed by atoms with Gasteiger partial charge in [-0.3, -0.25) is 9.69 Å². The zero-order valence-electron chi connectivity index (χ0n) is 13.7. The van der Waals surface area contributed by atoms with Crippen LogP contribution < -0.4 is 9.64 Å². The number of amides is 1. The number of rotatable bonds is 5. The number of methoxy groups -OCH3 is 1. The lowest BCUT2D eigenvalue weighted by molar-refractivity contribution is -0.113. The minimum absolute atomic E-state index is 0.197. The predicted octanol–water partition coefficient (Wildman–Crippen LogP) is 5.64. The minimum Gasteiger partial charge on any atom is -0.495 e. The highest BCUT2D eigenvalue weighted by molar-refractivity contribution is 8.14. The van der Waals surface area contributed by atoms with E-state index in [9.17, 15) is 4.79 Å². The van der Waals surface area contributed by atoms with Gasteiger partial charge in [0.1, 0.15) is 11.4 Å². The lowest BCUT2D eigenvalue weighted by atomic mass is 10.2. The Bertz CT molecular complexity index is 893. The first kappa shape index (κ1) is 19.0. The van der Waals surface area contributed by atoms with Crippen LogP contribution in [0.25, 0.3) is 6.08 Å². The number of carbonyl (C=O) groups excluding carboxylic acids is 1. The molecule has 3 rings (SSSR count). The number of benzene rings is 1. The number of halogens is 2. The highest BCUT2D eigenvalue weighted by atomic mass is 35.5. The molecule has 0 saturated heterocycles. The molecule has 2 heterocycles. The van der Waals surface area contributed by atoms with Crippen molar-refractivity contribution in [2.45, 2.75) is 0 Å². The molecular weight excluding hydrogens is 411 g/mol. The number of thiophene rings is 1. The second-order valence-electron chi connectivity index (χ2n) is 5.07. The second-order valence-corrected chi connectivity index (χ2v) is 7.70. The molecule has 1 aromatic carbocycles. The molecule has 0 atom stereocenters. The summed E-state index contributed by atoms with van der Waals surface area (Å²) in [6.07, 6.45) is 3.58. The Hall–Kier alpha value is -1.73. The van der Waals surface area contributed by atoms with Gasteiger partial charge in [0.25, 0.3) is 5.91 Å². The fourth-order valence-electron chi connectivity index (χ4n) is 2.28. The third kappa shape index (κ3) is 4.15. The average molecular weight is 425 g/mol. The Morgan fingerprint density at radius 1 is 1.38 bits per heavy atom. The number of hydrogen-bond donors (Lipinski definition) is 0. The van der Waals surface area contributed by atoms with Crippen molar-refractivity contribution in [3.05, 3.63) is 62.9 Å². The highest BCUT2D eigenvalue weighted by Gasteiger charge is 2.32. The summed E-state index contributed by atoms with van der Waals surface area (Å²) in [6, 6.07) is 9.08. The summed E-state index contributed by atoms with van der Waals surface area (Å²) in [6.45, 7) is 0. The van der Waals surface area contributed by atoms with Gasteiger partial charge < -0.3 is 4.74 Å². The first-order valence-corrected chi connectivity index (χ1v) is 10.2. The van der Waals surface area contributed by atoms with Crippen LogP contribution >= 0.6 is 46.3 Å². The molecule has 0 fully saturated rings. The van der Waals surface area contributed by atoms with Gasteiger partial charge in [-0.15, -0.1) is 11.3 Å². The van der Waals surface area contributed by atoms with E-state index in [4.69, 9.17) is 27.9 Å². The van der Waals surface area contributed by atoms with E-state index in [1.165, 1.54) is 17.3 Å². The van der Waals surface area contributed by atoms with Crippen molar-refractivity contribution in [3.8, 4) is 5.75 Å². The largest absolute Gasteiger partial charge is 0.495 e. The van der Waals surface area contributed by atoms with Gasteiger partial charge in [0.05, 0.1) is 17.8 Å². The van der Waals surface area contributed by atoms with Crippen LogP contribution in [0.15, 0.2) is 58.0 Å². The van der Waals surface area contributed by atoms with E-state index in [-0.39, 0.29) is 5.91 Å². The molecule has 0 saturated carbocycles. The van der Waals surface area contributed by atoms with Crippen LogP contribution in [0.1, 0.15) is 4.88 Å². The van der Waals surface area contributed by atoms with E-state index >= 15 is 0 Å². The summed E-state index contributed by atoms with van der Waals surface area (Å²) in [5.74, 6) is 0.951. The van der Waals surface area contributed by atoms with Crippen LogP contribution in [-0.2, 0) is 4.79 Å². The monoisotopic (exact) mass is 424 g/mol. The molecule has 8 heteroatoms. The van der Waals surface area contributed by atoms with E-state index in [1.54, 1.807) is 53.7 Å². The van der Waals surface area contributed by atoms with Gasteiger partial charge >= 0.3 is 0 Å². The second kappa shape index (κ2) is 8.77. The van der Waals surface area contributed by atoms with Crippen LogP contribution in [0.5, 0.6) is 5.75 Å². The average Bonchev–Trinajstić information content (AvgIpc) is 3.24. The number of thioether (sulfide) groups is 1. The maximum atomic E-state index is 13.0. The van der Waals surface area contributed by atoms with Crippen molar-refractivity contribution in [3.63, 3.8) is 0 Å². The SMILES string of the molecule is COc1ccc(N2C(=O)/C(=C\c3cccs3)N=C2SC/C=C/Cl)cc1Cl. The smallest absolute Gasteiger partial charge is 0.283 e. The maximum Gasteiger partial charge on any atom is 0.283 e. The Kier molecular flexibility index (Phi) is 6.43.